The second kappa shape index (κ2) is 2.62. The van der Waals surface area contributed by atoms with Crippen LogP contribution in [0.5, 0.6) is 0 Å². The molecule has 1 aliphatic heterocycles. The highest BCUT2D eigenvalue weighted by Gasteiger charge is 2.25. The van der Waals surface area contributed by atoms with E-state index in [4.69, 9.17) is 14.9 Å². The smallest absolute Gasteiger partial charge is 0.207 e. The predicted octanol–water partition coefficient (Wildman–Crippen LogP) is -0.942. The molecule has 4 heteroatoms. The minimum absolute atomic E-state index is 0.136. The van der Waals surface area contributed by atoms with E-state index in [1.165, 1.54) is 0 Å². The van der Waals surface area contributed by atoms with Crippen LogP contribution in [0.4, 0.5) is 0 Å². The van der Waals surface area contributed by atoms with Crippen LogP contribution in [0, 0.1) is 0 Å². The zero-order chi connectivity index (χ0) is 6.85. The lowest BCUT2D eigenvalue weighted by atomic mass is 10.4. The van der Waals surface area contributed by atoms with Gasteiger partial charge in [-0.15, -0.1) is 0 Å². The van der Waals surface area contributed by atoms with Crippen LogP contribution in [-0.4, -0.2) is 35.5 Å². The maximum atomic E-state index is 8.75. The normalized spacial score (nSPS) is 45.0. The second-order valence-corrected chi connectivity index (χ2v) is 2.06. The third-order valence-electron chi connectivity index (χ3n) is 1.12. The van der Waals surface area contributed by atoms with Gasteiger partial charge in [-0.1, -0.05) is 0 Å². The lowest BCUT2D eigenvalue weighted by Crippen LogP contribution is -2.42. The van der Waals surface area contributed by atoms with Gasteiger partial charge in [-0.25, -0.2) is 0 Å². The van der Waals surface area contributed by atoms with Crippen LogP contribution >= 0.6 is 0 Å². The van der Waals surface area contributed by atoms with E-state index in [1.54, 1.807) is 6.92 Å². The number of aliphatic hydroxyl groups is 2. The van der Waals surface area contributed by atoms with Gasteiger partial charge in [-0.05, 0) is 6.92 Å². The summed E-state index contributed by atoms with van der Waals surface area (Å²) in [5, 5.41) is 17.4. The van der Waals surface area contributed by atoms with Crippen LogP contribution in [0.3, 0.4) is 0 Å². The van der Waals surface area contributed by atoms with Gasteiger partial charge >= 0.3 is 0 Å². The summed E-state index contributed by atoms with van der Waals surface area (Å²) < 4.78 is 9.46. The summed E-state index contributed by atoms with van der Waals surface area (Å²) >= 11 is 0. The molecule has 4 nitrogen and oxygen atoms in total. The lowest BCUT2D eigenvalue weighted by Gasteiger charge is -2.28. The van der Waals surface area contributed by atoms with Gasteiger partial charge in [-0.2, -0.15) is 0 Å². The van der Waals surface area contributed by atoms with E-state index in [9.17, 15) is 0 Å². The summed E-state index contributed by atoms with van der Waals surface area (Å²) in [6, 6.07) is 0. The van der Waals surface area contributed by atoms with Crippen molar-refractivity contribution < 1.29 is 19.7 Å². The number of rotatable bonds is 0. The zero-order valence-corrected chi connectivity index (χ0v) is 5.15. The van der Waals surface area contributed by atoms with Crippen molar-refractivity contribution in [2.45, 2.75) is 25.6 Å². The monoisotopic (exact) mass is 134 g/mol. The average molecular weight is 134 g/mol. The van der Waals surface area contributed by atoms with Crippen molar-refractivity contribution in [2.75, 3.05) is 6.61 Å². The van der Waals surface area contributed by atoms with Crippen molar-refractivity contribution in [3.63, 3.8) is 0 Å². The zero-order valence-electron chi connectivity index (χ0n) is 5.15. The molecule has 0 aliphatic carbocycles. The van der Waals surface area contributed by atoms with E-state index in [1.807, 2.05) is 0 Å². The molecule has 1 rings (SSSR count). The van der Waals surface area contributed by atoms with Gasteiger partial charge in [0.05, 0.1) is 12.7 Å². The number of ether oxygens (including phenoxy) is 2. The van der Waals surface area contributed by atoms with Crippen LogP contribution in [0.2, 0.25) is 0 Å². The number of hydrogen-bond acceptors (Lipinski definition) is 4. The maximum Gasteiger partial charge on any atom is 0.207 e. The minimum Gasteiger partial charge on any atom is -0.364 e. The Labute approximate surface area is 53.0 Å². The molecule has 0 radical (unpaired) electrons. The Morgan fingerprint density at radius 2 is 2.00 bits per heavy atom. The van der Waals surface area contributed by atoms with Crippen molar-refractivity contribution in [2.24, 2.45) is 0 Å². The third kappa shape index (κ3) is 1.62. The molecule has 0 bridgehead atoms. The molecule has 9 heavy (non-hydrogen) atoms. The molecule has 3 atom stereocenters. The van der Waals surface area contributed by atoms with Crippen molar-refractivity contribution in [1.82, 2.24) is 0 Å². The van der Waals surface area contributed by atoms with Crippen LogP contribution < -0.4 is 0 Å². The Kier molecular flexibility index (Phi) is 2.02. The van der Waals surface area contributed by atoms with Crippen LogP contribution in [0.15, 0.2) is 0 Å². The van der Waals surface area contributed by atoms with E-state index < -0.39 is 12.6 Å². The SMILES string of the molecule is CC1CO[C@@H](O)[C@@H](O)O1. The summed E-state index contributed by atoms with van der Waals surface area (Å²) in [4.78, 5) is 0. The molecule has 0 amide bonds. The largest absolute Gasteiger partial charge is 0.364 e. The van der Waals surface area contributed by atoms with E-state index in [2.05, 4.69) is 4.74 Å². The highest BCUT2D eigenvalue weighted by Crippen LogP contribution is 2.09. The first-order chi connectivity index (χ1) is 4.20. The van der Waals surface area contributed by atoms with Crippen LogP contribution in [-0.2, 0) is 9.47 Å². The molecule has 0 aromatic carbocycles. The fraction of sp³-hybridized carbons (Fsp3) is 1.00. The van der Waals surface area contributed by atoms with Crippen LogP contribution in [0.1, 0.15) is 6.92 Å². The Morgan fingerprint density at radius 3 is 2.44 bits per heavy atom. The Bertz CT molecular complexity index is 95.0. The van der Waals surface area contributed by atoms with E-state index >= 15 is 0 Å². The molecule has 54 valence electrons. The molecular weight excluding hydrogens is 124 g/mol. The topological polar surface area (TPSA) is 58.9 Å². The number of hydrogen-bond donors (Lipinski definition) is 2. The van der Waals surface area contributed by atoms with E-state index in [0.717, 1.165) is 0 Å². The summed E-state index contributed by atoms with van der Waals surface area (Å²) in [6.45, 7) is 2.09. The summed E-state index contributed by atoms with van der Waals surface area (Å²) in [7, 11) is 0. The molecule has 0 aromatic rings. The third-order valence-corrected chi connectivity index (χ3v) is 1.12. The van der Waals surface area contributed by atoms with Crippen molar-refractivity contribution in [3.05, 3.63) is 0 Å². The molecule has 0 saturated carbocycles. The molecule has 1 unspecified atom stereocenters. The lowest BCUT2D eigenvalue weighted by molar-refractivity contribution is -0.311. The second-order valence-electron chi connectivity index (χ2n) is 2.06. The summed E-state index contributed by atoms with van der Waals surface area (Å²) in [5.41, 5.74) is 0. The van der Waals surface area contributed by atoms with Gasteiger partial charge in [0.15, 0.2) is 0 Å². The molecule has 2 N–H and O–H groups in total. The van der Waals surface area contributed by atoms with Gasteiger partial charge in [-0.3, -0.25) is 0 Å². The van der Waals surface area contributed by atoms with Gasteiger partial charge in [0.2, 0.25) is 12.6 Å². The molecule has 1 aliphatic rings. The summed E-state index contributed by atoms with van der Waals surface area (Å²) in [5.74, 6) is 0. The highest BCUT2D eigenvalue weighted by molar-refractivity contribution is 4.58. The Morgan fingerprint density at radius 1 is 1.33 bits per heavy atom. The molecule has 0 aromatic heterocycles. The molecule has 1 heterocycles. The van der Waals surface area contributed by atoms with E-state index in [-0.39, 0.29) is 6.10 Å². The maximum absolute atomic E-state index is 8.75. The first kappa shape index (κ1) is 6.95. The first-order valence-electron chi connectivity index (χ1n) is 2.83. The van der Waals surface area contributed by atoms with Gasteiger partial charge in [0.1, 0.15) is 0 Å². The van der Waals surface area contributed by atoms with Crippen molar-refractivity contribution >= 4 is 0 Å². The fourth-order valence-corrected chi connectivity index (χ4v) is 0.661. The van der Waals surface area contributed by atoms with Gasteiger partial charge < -0.3 is 19.7 Å². The minimum atomic E-state index is -1.19. The molecule has 1 fully saturated rings. The van der Waals surface area contributed by atoms with Gasteiger partial charge in [0.25, 0.3) is 0 Å². The standard InChI is InChI=1S/C5H10O4/c1-3-2-8-4(6)5(7)9-3/h3-7H,2H2,1H3/t3?,4-,5+/m1/s1. The first-order valence-corrected chi connectivity index (χ1v) is 2.83. The molecule has 1 saturated heterocycles. The molecular formula is C5H10O4. The van der Waals surface area contributed by atoms with Crippen LogP contribution in [0.25, 0.3) is 0 Å². The fourth-order valence-electron chi connectivity index (χ4n) is 0.661. The van der Waals surface area contributed by atoms with Gasteiger partial charge in [0, 0.05) is 0 Å². The predicted molar refractivity (Wildman–Crippen MR) is 28.5 cm³/mol. The van der Waals surface area contributed by atoms with Crippen molar-refractivity contribution in [3.8, 4) is 0 Å². The number of aliphatic hydroxyl groups excluding tert-OH is 2. The Hall–Kier alpha value is -0.160. The Balaban J connectivity index is 2.35. The average Bonchev–Trinajstić information content (AvgIpc) is 1.80. The highest BCUT2D eigenvalue weighted by atomic mass is 16.7. The summed E-state index contributed by atoms with van der Waals surface area (Å²) in [6.07, 6.45) is -2.50. The quantitative estimate of drug-likeness (QED) is 0.449. The van der Waals surface area contributed by atoms with Crippen molar-refractivity contribution in [1.29, 1.82) is 0 Å². The van der Waals surface area contributed by atoms with E-state index in [0.29, 0.717) is 6.61 Å². The molecule has 0 spiro atoms.